The maximum absolute atomic E-state index is 9.96. The van der Waals surface area contributed by atoms with Gasteiger partial charge in [-0.3, -0.25) is 0 Å². The molecule has 2 saturated heterocycles. The Morgan fingerprint density at radius 1 is 0.909 bits per heavy atom. The molecule has 2 aliphatic rings. The number of aliphatic hydroxyl groups is 6. The first kappa shape index (κ1) is 18.3. The molecular formula is C12H22O9S. The van der Waals surface area contributed by atoms with E-state index in [1.54, 1.807) is 0 Å². The highest BCUT2D eigenvalue weighted by molar-refractivity contribution is 7.98. The van der Waals surface area contributed by atoms with E-state index >= 15 is 0 Å². The number of aliphatic hydroxyl groups excluding tert-OH is 6. The predicted molar refractivity (Wildman–Crippen MR) is 73.9 cm³/mol. The van der Waals surface area contributed by atoms with Gasteiger partial charge in [-0.2, -0.15) is 11.8 Å². The van der Waals surface area contributed by atoms with Crippen molar-refractivity contribution in [3.05, 3.63) is 0 Å². The van der Waals surface area contributed by atoms with E-state index in [0.717, 1.165) is 0 Å². The Balaban J connectivity index is 2.04. The number of hydrogen-bond acceptors (Lipinski definition) is 10. The van der Waals surface area contributed by atoms with Crippen molar-refractivity contribution < 1.29 is 44.8 Å². The predicted octanol–water partition coefficient (Wildman–Crippen LogP) is -3.39. The lowest BCUT2D eigenvalue weighted by Crippen LogP contribution is -2.60. The first-order valence-electron chi connectivity index (χ1n) is 6.87. The van der Waals surface area contributed by atoms with Crippen LogP contribution in [-0.4, -0.2) is 105 Å². The summed E-state index contributed by atoms with van der Waals surface area (Å²) in [7, 11) is 0. The third kappa shape index (κ3) is 3.56. The van der Waals surface area contributed by atoms with E-state index in [-0.39, 0.29) is 0 Å². The van der Waals surface area contributed by atoms with Gasteiger partial charge in [0.15, 0.2) is 12.6 Å². The molecule has 2 rings (SSSR count). The highest BCUT2D eigenvalue weighted by Crippen LogP contribution is 2.29. The standard InChI is InChI=1S/C12H22O9S/c1-22-3-5-6(14)9(17)12(20-5)21-10-4(2-13)19-11(18)8(16)7(10)15/h4-18H,2-3H2,1H3/t4?,5-,6?,7+,8+,9+,10+,11?,12-/m0/s1. The van der Waals surface area contributed by atoms with Gasteiger partial charge >= 0.3 is 0 Å². The van der Waals surface area contributed by atoms with Crippen LogP contribution in [0.4, 0.5) is 0 Å². The van der Waals surface area contributed by atoms with Gasteiger partial charge in [-0.1, -0.05) is 0 Å². The Bertz CT molecular complexity index is 357. The minimum Gasteiger partial charge on any atom is -0.394 e. The second kappa shape index (κ2) is 7.71. The van der Waals surface area contributed by atoms with Gasteiger partial charge in [0.05, 0.1) is 12.7 Å². The fourth-order valence-electron chi connectivity index (χ4n) is 2.52. The number of hydrogen-bond donors (Lipinski definition) is 6. The minimum atomic E-state index is -1.66. The van der Waals surface area contributed by atoms with Gasteiger partial charge in [0, 0.05) is 5.75 Å². The van der Waals surface area contributed by atoms with Crippen LogP contribution in [0.3, 0.4) is 0 Å². The molecule has 130 valence electrons. The van der Waals surface area contributed by atoms with E-state index < -0.39 is 61.9 Å². The van der Waals surface area contributed by atoms with Gasteiger partial charge in [0.1, 0.15) is 36.6 Å². The number of rotatable bonds is 5. The van der Waals surface area contributed by atoms with Gasteiger partial charge in [-0.25, -0.2) is 0 Å². The molecule has 0 aromatic carbocycles. The highest BCUT2D eigenvalue weighted by Gasteiger charge is 2.49. The monoisotopic (exact) mass is 342 g/mol. The van der Waals surface area contributed by atoms with Crippen molar-refractivity contribution in [1.29, 1.82) is 0 Å². The van der Waals surface area contributed by atoms with Crippen LogP contribution < -0.4 is 0 Å². The largest absolute Gasteiger partial charge is 0.394 e. The van der Waals surface area contributed by atoms with Crippen molar-refractivity contribution in [2.45, 2.75) is 55.3 Å². The van der Waals surface area contributed by atoms with Crippen LogP contribution in [0.25, 0.3) is 0 Å². The smallest absolute Gasteiger partial charge is 0.187 e. The zero-order valence-corrected chi connectivity index (χ0v) is 12.7. The van der Waals surface area contributed by atoms with Gasteiger partial charge in [-0.05, 0) is 6.26 Å². The van der Waals surface area contributed by atoms with E-state index in [1.165, 1.54) is 11.8 Å². The third-order valence-electron chi connectivity index (χ3n) is 3.78. The zero-order valence-electron chi connectivity index (χ0n) is 11.9. The van der Waals surface area contributed by atoms with Gasteiger partial charge in [0.2, 0.25) is 0 Å². The van der Waals surface area contributed by atoms with E-state index in [9.17, 15) is 30.6 Å². The molecule has 6 N–H and O–H groups in total. The minimum absolute atomic E-state index is 0.437. The lowest BCUT2D eigenvalue weighted by molar-refractivity contribution is -0.320. The summed E-state index contributed by atoms with van der Waals surface area (Å²) in [6.07, 6.45) is -9.73. The Kier molecular flexibility index (Phi) is 6.42. The lowest BCUT2D eigenvalue weighted by atomic mass is 9.99. The van der Waals surface area contributed by atoms with E-state index in [2.05, 4.69) is 0 Å². The van der Waals surface area contributed by atoms with Crippen molar-refractivity contribution in [3.63, 3.8) is 0 Å². The van der Waals surface area contributed by atoms with Crippen LogP contribution in [0.15, 0.2) is 0 Å². The lowest BCUT2D eigenvalue weighted by Gasteiger charge is -2.41. The number of ether oxygens (including phenoxy) is 3. The maximum Gasteiger partial charge on any atom is 0.187 e. The molecule has 0 amide bonds. The van der Waals surface area contributed by atoms with Crippen LogP contribution in [0, 0.1) is 0 Å². The topological polar surface area (TPSA) is 149 Å². The number of thioether (sulfide) groups is 1. The maximum atomic E-state index is 9.96. The quantitative estimate of drug-likeness (QED) is 0.299. The van der Waals surface area contributed by atoms with Crippen LogP contribution in [0.2, 0.25) is 0 Å². The molecule has 2 aliphatic heterocycles. The fraction of sp³-hybridized carbons (Fsp3) is 1.00. The molecule has 0 aliphatic carbocycles. The van der Waals surface area contributed by atoms with Gasteiger partial charge in [0.25, 0.3) is 0 Å². The summed E-state index contributed by atoms with van der Waals surface area (Å²) in [4.78, 5) is 0. The summed E-state index contributed by atoms with van der Waals surface area (Å²) in [5, 5.41) is 58.0. The highest BCUT2D eigenvalue weighted by atomic mass is 32.2. The van der Waals surface area contributed by atoms with Crippen LogP contribution >= 0.6 is 11.8 Å². The van der Waals surface area contributed by atoms with Crippen molar-refractivity contribution >= 4 is 11.8 Å². The molecule has 9 nitrogen and oxygen atoms in total. The zero-order chi connectivity index (χ0) is 16.4. The summed E-state index contributed by atoms with van der Waals surface area (Å²) in [6, 6.07) is 0. The second-order valence-corrected chi connectivity index (χ2v) is 6.22. The average molecular weight is 342 g/mol. The Morgan fingerprint density at radius 3 is 2.18 bits per heavy atom. The van der Waals surface area contributed by atoms with Crippen molar-refractivity contribution in [3.8, 4) is 0 Å². The van der Waals surface area contributed by atoms with Crippen LogP contribution in [0.1, 0.15) is 0 Å². The van der Waals surface area contributed by atoms with Gasteiger partial charge < -0.3 is 44.8 Å². The molecule has 0 spiro atoms. The molecule has 3 unspecified atom stereocenters. The Hall–Kier alpha value is -0.0100. The summed E-state index contributed by atoms with van der Waals surface area (Å²) in [5.41, 5.74) is 0. The SMILES string of the molecule is CSC[C@@H]1O[C@@H](O[C@@H]2C(CO)OC(O)[C@H](O)[C@H]2O)[C@H](O)C1O. The Morgan fingerprint density at radius 2 is 1.59 bits per heavy atom. The molecule has 0 saturated carbocycles. The molecule has 9 atom stereocenters. The van der Waals surface area contributed by atoms with Crippen LogP contribution in [-0.2, 0) is 14.2 Å². The third-order valence-corrected chi connectivity index (χ3v) is 4.44. The first-order chi connectivity index (χ1) is 10.4. The molecular weight excluding hydrogens is 320 g/mol. The van der Waals surface area contributed by atoms with E-state index in [0.29, 0.717) is 5.75 Å². The van der Waals surface area contributed by atoms with E-state index in [4.69, 9.17) is 14.2 Å². The van der Waals surface area contributed by atoms with Gasteiger partial charge in [-0.15, -0.1) is 0 Å². The summed E-state index contributed by atoms with van der Waals surface area (Å²) < 4.78 is 15.7. The average Bonchev–Trinajstić information content (AvgIpc) is 2.76. The summed E-state index contributed by atoms with van der Waals surface area (Å²) in [6.45, 7) is -0.578. The van der Waals surface area contributed by atoms with Crippen molar-refractivity contribution in [2.75, 3.05) is 18.6 Å². The first-order valence-corrected chi connectivity index (χ1v) is 8.26. The summed E-state index contributed by atoms with van der Waals surface area (Å²) >= 11 is 1.42. The molecule has 22 heavy (non-hydrogen) atoms. The summed E-state index contributed by atoms with van der Waals surface area (Å²) in [5.74, 6) is 0.437. The molecule has 0 radical (unpaired) electrons. The van der Waals surface area contributed by atoms with E-state index in [1.807, 2.05) is 6.26 Å². The van der Waals surface area contributed by atoms with Crippen molar-refractivity contribution in [1.82, 2.24) is 0 Å². The van der Waals surface area contributed by atoms with Crippen LogP contribution in [0.5, 0.6) is 0 Å². The molecule has 2 fully saturated rings. The Labute approximate surface area is 131 Å². The molecule has 0 aromatic rings. The normalized spacial score (nSPS) is 49.5. The fourth-order valence-corrected chi connectivity index (χ4v) is 3.12. The second-order valence-electron chi connectivity index (χ2n) is 5.31. The molecule has 10 heteroatoms. The molecule has 0 aromatic heterocycles. The molecule has 2 heterocycles. The molecule has 0 bridgehead atoms. The van der Waals surface area contributed by atoms with Crippen molar-refractivity contribution in [2.24, 2.45) is 0 Å².